The first-order chi connectivity index (χ1) is 7.88. The summed E-state index contributed by atoms with van der Waals surface area (Å²) in [5.74, 6) is -2.92. The van der Waals surface area contributed by atoms with Gasteiger partial charge in [0.15, 0.2) is 5.75 Å². The first-order valence-electron chi connectivity index (χ1n) is 4.79. The number of nitro benzene ring substituents is 1. The van der Waals surface area contributed by atoms with E-state index in [-0.39, 0.29) is 18.4 Å². The number of aromatic hydroxyl groups is 1. The molecule has 2 N–H and O–H groups in total. The van der Waals surface area contributed by atoms with Crippen LogP contribution in [0.15, 0.2) is 12.1 Å². The summed E-state index contributed by atoms with van der Waals surface area (Å²) in [5.41, 5.74) is -2.42. The molecule has 0 heterocycles. The summed E-state index contributed by atoms with van der Waals surface area (Å²) >= 11 is 0. The fourth-order valence-corrected chi connectivity index (χ4v) is 1.81. The molecule has 1 aliphatic carbocycles. The van der Waals surface area contributed by atoms with Crippen molar-refractivity contribution in [3.63, 3.8) is 0 Å². The second-order valence-corrected chi connectivity index (χ2v) is 3.97. The van der Waals surface area contributed by atoms with E-state index in [9.17, 15) is 24.4 Å². The van der Waals surface area contributed by atoms with Crippen LogP contribution in [0.5, 0.6) is 5.75 Å². The number of hydrogen-bond acceptors (Lipinski definition) is 4. The van der Waals surface area contributed by atoms with Gasteiger partial charge < -0.3 is 10.2 Å². The maximum atomic E-state index is 13.2. The van der Waals surface area contributed by atoms with E-state index in [0.717, 1.165) is 6.07 Å². The maximum Gasteiger partial charge on any atom is 0.314 e. The molecule has 17 heavy (non-hydrogen) atoms. The van der Waals surface area contributed by atoms with Gasteiger partial charge in [0, 0.05) is 5.56 Å². The van der Waals surface area contributed by atoms with Crippen LogP contribution in [0.2, 0.25) is 0 Å². The standard InChI is InChI=1S/C10H8FNO5/c11-5-3-6(10(1-2-10)9(14)15)8(13)7(4-5)12(16)17/h3-4,13H,1-2H2,(H,14,15). The molecular weight excluding hydrogens is 233 g/mol. The molecule has 1 aromatic carbocycles. The molecule has 6 nitrogen and oxygen atoms in total. The van der Waals surface area contributed by atoms with Crippen LogP contribution in [0.1, 0.15) is 18.4 Å². The van der Waals surface area contributed by atoms with E-state index < -0.39 is 33.6 Å². The molecule has 7 heteroatoms. The number of rotatable bonds is 3. The van der Waals surface area contributed by atoms with Crippen molar-refractivity contribution >= 4 is 11.7 Å². The summed E-state index contributed by atoms with van der Waals surface area (Å²) in [4.78, 5) is 20.7. The lowest BCUT2D eigenvalue weighted by molar-refractivity contribution is -0.386. The maximum absolute atomic E-state index is 13.2. The number of hydrogen-bond donors (Lipinski definition) is 2. The molecule has 0 aliphatic heterocycles. The predicted molar refractivity (Wildman–Crippen MR) is 53.3 cm³/mol. The lowest BCUT2D eigenvalue weighted by Crippen LogP contribution is -2.20. The Hall–Kier alpha value is -2.18. The van der Waals surface area contributed by atoms with Crippen molar-refractivity contribution in [3.8, 4) is 5.75 Å². The number of carboxylic acid groups (broad SMARTS) is 1. The van der Waals surface area contributed by atoms with Gasteiger partial charge in [-0.05, 0) is 18.9 Å². The molecule has 0 aromatic heterocycles. The van der Waals surface area contributed by atoms with Crippen LogP contribution in [0.4, 0.5) is 10.1 Å². The number of benzene rings is 1. The monoisotopic (exact) mass is 241 g/mol. The minimum absolute atomic E-state index is 0.225. The summed E-state index contributed by atoms with van der Waals surface area (Å²) in [6.07, 6.45) is 0.465. The van der Waals surface area contributed by atoms with E-state index >= 15 is 0 Å². The van der Waals surface area contributed by atoms with Gasteiger partial charge in [-0.1, -0.05) is 0 Å². The highest BCUT2D eigenvalue weighted by Gasteiger charge is 2.54. The van der Waals surface area contributed by atoms with Gasteiger partial charge in [0.05, 0.1) is 16.4 Å². The minimum Gasteiger partial charge on any atom is -0.502 e. The normalized spacial score (nSPS) is 16.5. The van der Waals surface area contributed by atoms with E-state index in [1.54, 1.807) is 0 Å². The van der Waals surface area contributed by atoms with Gasteiger partial charge >= 0.3 is 11.7 Å². The number of halogens is 1. The predicted octanol–water partition coefficient (Wildman–Crippen LogP) is 1.56. The Bertz CT molecular complexity index is 524. The average molecular weight is 241 g/mol. The highest BCUT2D eigenvalue weighted by Crippen LogP contribution is 2.53. The molecule has 2 rings (SSSR count). The topological polar surface area (TPSA) is 101 Å². The summed E-state index contributed by atoms with van der Waals surface area (Å²) < 4.78 is 13.2. The molecule has 0 radical (unpaired) electrons. The molecule has 0 amide bonds. The molecular formula is C10H8FNO5. The molecule has 0 saturated heterocycles. The van der Waals surface area contributed by atoms with Gasteiger partial charge in [-0.2, -0.15) is 0 Å². The van der Waals surface area contributed by atoms with Crippen LogP contribution in [-0.4, -0.2) is 21.1 Å². The van der Waals surface area contributed by atoms with Gasteiger partial charge in [0.25, 0.3) is 0 Å². The van der Waals surface area contributed by atoms with E-state index in [1.807, 2.05) is 0 Å². The largest absolute Gasteiger partial charge is 0.502 e. The third-order valence-electron chi connectivity index (χ3n) is 2.93. The van der Waals surface area contributed by atoms with Gasteiger partial charge in [0.2, 0.25) is 0 Å². The molecule has 1 aliphatic rings. The molecule has 1 aromatic rings. The Labute approximate surface area is 94.5 Å². The molecule has 1 fully saturated rings. The Morgan fingerprint density at radius 1 is 1.47 bits per heavy atom. The molecule has 0 unspecified atom stereocenters. The number of carbonyl (C=O) groups is 1. The van der Waals surface area contributed by atoms with Gasteiger partial charge in [-0.3, -0.25) is 14.9 Å². The zero-order chi connectivity index (χ0) is 12.8. The fourth-order valence-electron chi connectivity index (χ4n) is 1.81. The number of carboxylic acids is 1. The molecule has 0 bridgehead atoms. The average Bonchev–Trinajstić information content (AvgIpc) is 3.01. The van der Waals surface area contributed by atoms with Crippen LogP contribution in [0.25, 0.3) is 0 Å². The van der Waals surface area contributed by atoms with Crippen molar-refractivity contribution in [2.75, 3.05) is 0 Å². The zero-order valence-corrected chi connectivity index (χ0v) is 8.51. The van der Waals surface area contributed by atoms with Crippen molar-refractivity contribution in [1.82, 2.24) is 0 Å². The van der Waals surface area contributed by atoms with Crippen LogP contribution in [0, 0.1) is 15.9 Å². The Kier molecular flexibility index (Phi) is 2.27. The Morgan fingerprint density at radius 2 is 2.06 bits per heavy atom. The number of phenolic OH excluding ortho intramolecular Hbond substituents is 1. The zero-order valence-electron chi connectivity index (χ0n) is 8.51. The second-order valence-electron chi connectivity index (χ2n) is 3.97. The van der Waals surface area contributed by atoms with Crippen molar-refractivity contribution in [3.05, 3.63) is 33.6 Å². The summed E-state index contributed by atoms with van der Waals surface area (Å²) in [6.45, 7) is 0. The summed E-state index contributed by atoms with van der Waals surface area (Å²) in [7, 11) is 0. The quantitative estimate of drug-likeness (QED) is 0.617. The SMILES string of the molecule is O=C(O)C1(c2cc(F)cc([N+](=O)[O-])c2O)CC1. The highest BCUT2D eigenvalue weighted by atomic mass is 19.1. The summed E-state index contributed by atoms with van der Waals surface area (Å²) in [6, 6.07) is 1.40. The van der Waals surface area contributed by atoms with Crippen LogP contribution in [-0.2, 0) is 10.2 Å². The van der Waals surface area contributed by atoms with Crippen molar-refractivity contribution < 1.29 is 24.3 Å². The lowest BCUT2D eigenvalue weighted by Gasteiger charge is -2.12. The van der Waals surface area contributed by atoms with E-state index in [2.05, 4.69) is 0 Å². The number of phenols is 1. The van der Waals surface area contributed by atoms with Crippen LogP contribution < -0.4 is 0 Å². The van der Waals surface area contributed by atoms with Crippen LogP contribution in [0.3, 0.4) is 0 Å². The highest BCUT2D eigenvalue weighted by molar-refractivity contribution is 5.86. The number of nitrogens with zero attached hydrogens (tertiary/aromatic N) is 1. The Balaban J connectivity index is 2.63. The van der Waals surface area contributed by atoms with E-state index in [0.29, 0.717) is 6.07 Å². The van der Waals surface area contributed by atoms with Gasteiger partial charge in [-0.15, -0.1) is 0 Å². The molecule has 0 atom stereocenters. The van der Waals surface area contributed by atoms with Gasteiger partial charge in [0.1, 0.15) is 5.82 Å². The van der Waals surface area contributed by atoms with Crippen molar-refractivity contribution in [2.24, 2.45) is 0 Å². The van der Waals surface area contributed by atoms with E-state index in [4.69, 9.17) is 5.11 Å². The number of aliphatic carboxylic acids is 1. The first kappa shape index (κ1) is 11.3. The second kappa shape index (κ2) is 3.41. The number of nitro groups is 1. The fraction of sp³-hybridized carbons (Fsp3) is 0.300. The van der Waals surface area contributed by atoms with E-state index in [1.165, 1.54) is 0 Å². The third-order valence-corrected chi connectivity index (χ3v) is 2.93. The smallest absolute Gasteiger partial charge is 0.314 e. The first-order valence-corrected chi connectivity index (χ1v) is 4.79. The van der Waals surface area contributed by atoms with Crippen molar-refractivity contribution in [2.45, 2.75) is 18.3 Å². The van der Waals surface area contributed by atoms with Crippen molar-refractivity contribution in [1.29, 1.82) is 0 Å². The molecule has 0 spiro atoms. The minimum atomic E-state index is -1.38. The lowest BCUT2D eigenvalue weighted by atomic mass is 9.94. The Morgan fingerprint density at radius 3 is 2.47 bits per heavy atom. The molecule has 90 valence electrons. The third kappa shape index (κ3) is 1.59. The van der Waals surface area contributed by atoms with Crippen LogP contribution >= 0.6 is 0 Å². The molecule has 1 saturated carbocycles. The van der Waals surface area contributed by atoms with Gasteiger partial charge in [-0.25, -0.2) is 4.39 Å². The summed E-state index contributed by atoms with van der Waals surface area (Å²) in [5, 5.41) is 29.2.